The summed E-state index contributed by atoms with van der Waals surface area (Å²) in [6, 6.07) is 16.1. The molecule has 1 aromatic heterocycles. The summed E-state index contributed by atoms with van der Waals surface area (Å²) in [5.74, 6) is 1.33. The lowest BCUT2D eigenvalue weighted by Gasteiger charge is -2.18. The smallest absolute Gasteiger partial charge is 0.245 e. The molecule has 0 fully saturated rings. The van der Waals surface area contributed by atoms with E-state index in [0.29, 0.717) is 16.7 Å². The van der Waals surface area contributed by atoms with Crippen molar-refractivity contribution in [3.8, 4) is 22.9 Å². The summed E-state index contributed by atoms with van der Waals surface area (Å²) < 4.78 is 11.6. The van der Waals surface area contributed by atoms with Crippen LogP contribution in [-0.2, 0) is 6.42 Å². The Morgan fingerprint density at radius 3 is 2.84 bits per heavy atom. The molecular weight excluding hydrogens is 334 g/mol. The van der Waals surface area contributed by atoms with E-state index in [4.69, 9.17) is 9.47 Å². The normalized spacial score (nSPS) is 15.5. The molecule has 0 saturated carbocycles. The highest BCUT2D eigenvalue weighted by Crippen LogP contribution is 2.38. The summed E-state index contributed by atoms with van der Waals surface area (Å²) in [7, 11) is 1.67. The van der Waals surface area contributed by atoms with Crippen LogP contribution in [0.15, 0.2) is 53.7 Å². The molecule has 1 aliphatic rings. The molecule has 3 aromatic rings. The second-order valence-corrected chi connectivity index (χ2v) is 6.47. The van der Waals surface area contributed by atoms with Gasteiger partial charge in [0.2, 0.25) is 11.0 Å². The number of benzene rings is 2. The molecule has 2 heterocycles. The van der Waals surface area contributed by atoms with Crippen LogP contribution in [0.1, 0.15) is 17.2 Å². The van der Waals surface area contributed by atoms with Crippen molar-refractivity contribution in [2.75, 3.05) is 13.4 Å². The molecule has 6 heteroatoms. The quantitative estimate of drug-likeness (QED) is 0.666. The molecular formula is C19H17N3O2S. The molecule has 1 unspecified atom stereocenters. The summed E-state index contributed by atoms with van der Waals surface area (Å²) in [6.45, 7) is 0. The number of rotatable bonds is 3. The Bertz CT molecular complexity index is 917. The van der Waals surface area contributed by atoms with Crippen molar-refractivity contribution < 1.29 is 9.47 Å². The van der Waals surface area contributed by atoms with Gasteiger partial charge in [-0.25, -0.2) is 0 Å². The summed E-state index contributed by atoms with van der Waals surface area (Å²) in [5, 5.41) is 9.15. The first-order valence-corrected chi connectivity index (χ1v) is 9.18. The van der Waals surface area contributed by atoms with E-state index < -0.39 is 0 Å². The fourth-order valence-electron chi connectivity index (χ4n) is 2.97. The van der Waals surface area contributed by atoms with Gasteiger partial charge in [0, 0.05) is 12.0 Å². The van der Waals surface area contributed by atoms with Crippen molar-refractivity contribution in [2.45, 2.75) is 17.7 Å². The van der Waals surface area contributed by atoms with Crippen LogP contribution < -0.4 is 9.47 Å². The van der Waals surface area contributed by atoms with Crippen molar-refractivity contribution in [3.05, 3.63) is 59.7 Å². The fraction of sp³-hybridized carbons (Fsp3) is 0.211. The number of fused-ring (bicyclic) bond motifs is 3. The second kappa shape index (κ2) is 6.72. The van der Waals surface area contributed by atoms with Crippen molar-refractivity contribution >= 4 is 11.8 Å². The van der Waals surface area contributed by atoms with Gasteiger partial charge in [-0.2, -0.15) is 4.98 Å². The monoisotopic (exact) mass is 351 g/mol. The maximum absolute atomic E-state index is 6.28. The SMILES string of the molecule is COc1cccc(C2Cc3ccccc3-c3nnc(SC)nc3O2)c1. The van der Waals surface area contributed by atoms with Crippen molar-refractivity contribution in [1.29, 1.82) is 0 Å². The van der Waals surface area contributed by atoms with E-state index in [1.165, 1.54) is 17.3 Å². The fourth-order valence-corrected chi connectivity index (χ4v) is 3.27. The molecule has 0 saturated heterocycles. The number of ether oxygens (including phenoxy) is 2. The van der Waals surface area contributed by atoms with Gasteiger partial charge in [-0.1, -0.05) is 48.2 Å². The van der Waals surface area contributed by atoms with Crippen molar-refractivity contribution in [3.63, 3.8) is 0 Å². The third kappa shape index (κ3) is 3.05. The first-order valence-electron chi connectivity index (χ1n) is 7.96. The summed E-state index contributed by atoms with van der Waals surface area (Å²) in [4.78, 5) is 4.54. The molecule has 1 atom stereocenters. The Balaban J connectivity index is 1.84. The lowest BCUT2D eigenvalue weighted by molar-refractivity contribution is 0.198. The zero-order chi connectivity index (χ0) is 17.2. The Morgan fingerprint density at radius 2 is 2.00 bits per heavy atom. The van der Waals surface area contributed by atoms with E-state index in [1.54, 1.807) is 7.11 Å². The molecule has 0 bridgehead atoms. The van der Waals surface area contributed by atoms with Crippen LogP contribution in [0.3, 0.4) is 0 Å². The van der Waals surface area contributed by atoms with Crippen molar-refractivity contribution in [2.24, 2.45) is 0 Å². The lowest BCUT2D eigenvalue weighted by atomic mass is 9.97. The highest BCUT2D eigenvalue weighted by Gasteiger charge is 2.26. The molecule has 5 nitrogen and oxygen atoms in total. The van der Waals surface area contributed by atoms with Crippen LogP contribution in [0, 0.1) is 0 Å². The molecule has 0 radical (unpaired) electrons. The van der Waals surface area contributed by atoms with E-state index in [2.05, 4.69) is 21.2 Å². The van der Waals surface area contributed by atoms with Gasteiger partial charge < -0.3 is 9.47 Å². The third-order valence-electron chi connectivity index (χ3n) is 4.22. The van der Waals surface area contributed by atoms with Gasteiger partial charge in [-0.05, 0) is 29.5 Å². The minimum Gasteiger partial charge on any atom is -0.497 e. The third-order valence-corrected chi connectivity index (χ3v) is 4.75. The number of hydrogen-bond acceptors (Lipinski definition) is 6. The van der Waals surface area contributed by atoms with Crippen molar-refractivity contribution in [1.82, 2.24) is 15.2 Å². The molecule has 4 rings (SSSR count). The van der Waals surface area contributed by atoms with Gasteiger partial charge in [0.25, 0.3) is 0 Å². The number of thioether (sulfide) groups is 1. The number of nitrogens with zero attached hydrogens (tertiary/aromatic N) is 3. The highest BCUT2D eigenvalue weighted by atomic mass is 32.2. The highest BCUT2D eigenvalue weighted by molar-refractivity contribution is 7.98. The Labute approximate surface area is 150 Å². The predicted octanol–water partition coefficient (Wildman–Crippen LogP) is 3.95. The zero-order valence-electron chi connectivity index (χ0n) is 14.0. The summed E-state index contributed by atoms with van der Waals surface area (Å²) in [6.07, 6.45) is 2.49. The standard InChI is InChI=1S/C19H17N3O2S/c1-23-14-8-5-7-13(10-14)16-11-12-6-3-4-9-15(12)17-18(24-16)20-19(25-2)22-21-17/h3-10,16H,11H2,1-2H3. The molecule has 25 heavy (non-hydrogen) atoms. The van der Waals surface area contributed by atoms with Crippen LogP contribution in [0.4, 0.5) is 0 Å². The first-order chi connectivity index (χ1) is 12.3. The average molecular weight is 351 g/mol. The van der Waals surface area contributed by atoms with E-state index in [-0.39, 0.29) is 6.10 Å². The van der Waals surface area contributed by atoms with E-state index >= 15 is 0 Å². The maximum atomic E-state index is 6.28. The number of aromatic nitrogens is 3. The number of hydrogen-bond donors (Lipinski definition) is 0. The van der Waals surface area contributed by atoms with E-state index in [9.17, 15) is 0 Å². The molecule has 126 valence electrons. The molecule has 2 aromatic carbocycles. The van der Waals surface area contributed by atoms with Crippen LogP contribution >= 0.6 is 11.8 Å². The van der Waals surface area contributed by atoms with Gasteiger partial charge in [-0.3, -0.25) is 0 Å². The lowest BCUT2D eigenvalue weighted by Crippen LogP contribution is -2.11. The Hall–Kier alpha value is -2.60. The minimum absolute atomic E-state index is 0.163. The molecule has 1 aliphatic heterocycles. The van der Waals surface area contributed by atoms with Gasteiger partial charge in [0.1, 0.15) is 11.9 Å². The maximum Gasteiger partial charge on any atom is 0.245 e. The van der Waals surface area contributed by atoms with Crippen LogP contribution in [0.25, 0.3) is 11.3 Å². The molecule has 0 amide bonds. The molecule has 0 spiro atoms. The van der Waals surface area contributed by atoms with Gasteiger partial charge in [0.15, 0.2) is 5.69 Å². The van der Waals surface area contributed by atoms with Gasteiger partial charge >= 0.3 is 0 Å². The number of methoxy groups -OCH3 is 1. The first kappa shape index (κ1) is 15.9. The largest absolute Gasteiger partial charge is 0.497 e. The topological polar surface area (TPSA) is 57.1 Å². The Kier molecular flexibility index (Phi) is 4.28. The second-order valence-electron chi connectivity index (χ2n) is 5.70. The van der Waals surface area contributed by atoms with E-state index in [0.717, 1.165) is 23.3 Å². The Morgan fingerprint density at radius 1 is 1.12 bits per heavy atom. The van der Waals surface area contributed by atoms with Gasteiger partial charge in [0.05, 0.1) is 7.11 Å². The van der Waals surface area contributed by atoms with E-state index in [1.807, 2.05) is 48.7 Å². The minimum atomic E-state index is -0.163. The summed E-state index contributed by atoms with van der Waals surface area (Å²) >= 11 is 1.45. The van der Waals surface area contributed by atoms with Gasteiger partial charge in [-0.15, -0.1) is 10.2 Å². The molecule has 0 aliphatic carbocycles. The molecule has 0 N–H and O–H groups in total. The zero-order valence-corrected chi connectivity index (χ0v) is 14.8. The predicted molar refractivity (Wildman–Crippen MR) is 97.1 cm³/mol. The van der Waals surface area contributed by atoms with Crippen LogP contribution in [0.2, 0.25) is 0 Å². The van der Waals surface area contributed by atoms with Crippen LogP contribution in [0.5, 0.6) is 11.6 Å². The summed E-state index contributed by atoms with van der Waals surface area (Å²) in [5.41, 5.74) is 3.93. The average Bonchev–Trinajstić information content (AvgIpc) is 2.84. The van der Waals surface area contributed by atoms with Crippen LogP contribution in [-0.4, -0.2) is 28.5 Å².